The Morgan fingerprint density at radius 1 is 1.20 bits per heavy atom. The summed E-state index contributed by atoms with van der Waals surface area (Å²) in [4.78, 5) is 25.0. The summed E-state index contributed by atoms with van der Waals surface area (Å²) in [6.07, 6.45) is 10.2. The first-order valence-electron chi connectivity index (χ1n) is 8.43. The number of carbonyl (C=O) groups excluding carboxylic acids is 1. The van der Waals surface area contributed by atoms with Gasteiger partial charge in [0, 0.05) is 29.4 Å². The van der Waals surface area contributed by atoms with Crippen molar-refractivity contribution in [3.05, 3.63) is 29.4 Å². The quantitative estimate of drug-likeness (QED) is 0.441. The Balaban J connectivity index is 1.73. The molecule has 0 radical (unpaired) electrons. The zero-order valence-electron chi connectivity index (χ0n) is 13.9. The number of nitrogens with one attached hydrogen (secondary N) is 1. The van der Waals surface area contributed by atoms with E-state index in [0.717, 1.165) is 18.4 Å². The molecule has 0 unspecified atom stereocenters. The molecule has 25 heavy (non-hydrogen) atoms. The lowest BCUT2D eigenvalue weighted by Crippen LogP contribution is -2.34. The monoisotopic (exact) mass is 358 g/mol. The van der Waals surface area contributed by atoms with Gasteiger partial charge in [-0.15, -0.1) is 11.3 Å². The van der Waals surface area contributed by atoms with Crippen LogP contribution in [0.3, 0.4) is 0 Å². The Hall–Kier alpha value is -2.48. The number of hydrogen-bond donors (Lipinski definition) is 3. The summed E-state index contributed by atoms with van der Waals surface area (Å²) in [6, 6.07) is 2.05. The SMILES string of the molecule is NC(N)=Nc1nc(-c2cncc(C(=O)NC3CCCCCC3)c2)cs1. The Kier molecular flexibility index (Phi) is 5.60. The molecule has 0 atom stereocenters. The van der Waals surface area contributed by atoms with Gasteiger partial charge in [0.15, 0.2) is 5.96 Å². The lowest BCUT2D eigenvalue weighted by Gasteiger charge is -2.16. The molecule has 0 aromatic carbocycles. The number of aliphatic imine (C=N–C) groups is 1. The topological polar surface area (TPSA) is 119 Å². The Morgan fingerprint density at radius 2 is 1.96 bits per heavy atom. The van der Waals surface area contributed by atoms with E-state index in [9.17, 15) is 4.79 Å². The molecule has 1 amide bonds. The average molecular weight is 358 g/mol. The molecule has 1 fully saturated rings. The van der Waals surface area contributed by atoms with Crippen molar-refractivity contribution in [2.45, 2.75) is 44.6 Å². The van der Waals surface area contributed by atoms with E-state index in [4.69, 9.17) is 11.5 Å². The minimum atomic E-state index is -0.0825. The summed E-state index contributed by atoms with van der Waals surface area (Å²) in [5.41, 5.74) is 12.7. The highest BCUT2D eigenvalue weighted by Gasteiger charge is 2.16. The molecular formula is C17H22N6OS. The van der Waals surface area contributed by atoms with Crippen molar-refractivity contribution in [1.29, 1.82) is 0 Å². The first kappa shape index (κ1) is 17.3. The molecule has 0 spiro atoms. The van der Waals surface area contributed by atoms with Crippen molar-refractivity contribution >= 4 is 28.3 Å². The van der Waals surface area contributed by atoms with Gasteiger partial charge in [0.05, 0.1) is 11.3 Å². The molecule has 3 rings (SSSR count). The smallest absolute Gasteiger partial charge is 0.253 e. The molecule has 0 aliphatic heterocycles. The van der Waals surface area contributed by atoms with E-state index in [1.54, 1.807) is 18.5 Å². The highest BCUT2D eigenvalue weighted by atomic mass is 32.1. The van der Waals surface area contributed by atoms with Gasteiger partial charge in [0.2, 0.25) is 5.13 Å². The fraction of sp³-hybridized carbons (Fsp3) is 0.412. The Bertz CT molecular complexity index is 760. The first-order chi connectivity index (χ1) is 12.1. The number of pyridine rings is 1. The predicted octanol–water partition coefficient (Wildman–Crippen LogP) is 2.56. The molecular weight excluding hydrogens is 336 g/mol. The Morgan fingerprint density at radius 3 is 2.68 bits per heavy atom. The van der Waals surface area contributed by atoms with Gasteiger partial charge in [-0.3, -0.25) is 9.78 Å². The maximum Gasteiger partial charge on any atom is 0.253 e. The van der Waals surface area contributed by atoms with Crippen LogP contribution in [0.5, 0.6) is 0 Å². The van der Waals surface area contributed by atoms with Gasteiger partial charge < -0.3 is 16.8 Å². The molecule has 2 heterocycles. The fourth-order valence-corrected chi connectivity index (χ4v) is 3.67. The highest BCUT2D eigenvalue weighted by Crippen LogP contribution is 2.26. The number of nitrogens with zero attached hydrogens (tertiary/aromatic N) is 3. The second-order valence-electron chi connectivity index (χ2n) is 6.18. The molecule has 1 aliphatic rings. The van der Waals surface area contributed by atoms with Gasteiger partial charge in [-0.1, -0.05) is 25.7 Å². The van der Waals surface area contributed by atoms with E-state index in [1.807, 2.05) is 5.38 Å². The number of amides is 1. The van der Waals surface area contributed by atoms with Crippen molar-refractivity contribution in [2.75, 3.05) is 0 Å². The van der Waals surface area contributed by atoms with Crippen LogP contribution in [-0.4, -0.2) is 27.9 Å². The van der Waals surface area contributed by atoms with Crippen molar-refractivity contribution < 1.29 is 4.79 Å². The maximum absolute atomic E-state index is 12.5. The largest absolute Gasteiger partial charge is 0.370 e. The van der Waals surface area contributed by atoms with Crippen LogP contribution in [0.15, 0.2) is 28.8 Å². The van der Waals surface area contributed by atoms with Crippen molar-refractivity contribution in [2.24, 2.45) is 16.5 Å². The summed E-state index contributed by atoms with van der Waals surface area (Å²) in [5, 5.41) is 5.45. The number of guanidine groups is 1. The molecule has 7 nitrogen and oxygen atoms in total. The van der Waals surface area contributed by atoms with Gasteiger partial charge >= 0.3 is 0 Å². The summed E-state index contributed by atoms with van der Waals surface area (Å²) < 4.78 is 0. The van der Waals surface area contributed by atoms with Crippen LogP contribution >= 0.6 is 11.3 Å². The molecule has 0 bridgehead atoms. The first-order valence-corrected chi connectivity index (χ1v) is 9.31. The van der Waals surface area contributed by atoms with Crippen LogP contribution in [0.4, 0.5) is 5.13 Å². The van der Waals surface area contributed by atoms with E-state index >= 15 is 0 Å². The second kappa shape index (κ2) is 8.06. The lowest BCUT2D eigenvalue weighted by atomic mass is 10.1. The molecule has 132 valence electrons. The summed E-state index contributed by atoms with van der Waals surface area (Å²) in [7, 11) is 0. The zero-order valence-corrected chi connectivity index (χ0v) is 14.8. The van der Waals surface area contributed by atoms with Crippen LogP contribution in [0.2, 0.25) is 0 Å². The van der Waals surface area contributed by atoms with Gasteiger partial charge in [-0.25, -0.2) is 4.98 Å². The average Bonchev–Trinajstić information content (AvgIpc) is 2.90. The lowest BCUT2D eigenvalue weighted by molar-refractivity contribution is 0.0933. The van der Waals surface area contributed by atoms with E-state index in [1.165, 1.54) is 37.0 Å². The fourth-order valence-electron chi connectivity index (χ4n) is 2.96. The van der Waals surface area contributed by atoms with Crippen LogP contribution in [0, 0.1) is 0 Å². The molecule has 2 aromatic heterocycles. The van der Waals surface area contributed by atoms with Gasteiger partial charge in [0.25, 0.3) is 5.91 Å². The zero-order chi connectivity index (χ0) is 17.6. The molecule has 0 saturated heterocycles. The third-order valence-electron chi connectivity index (χ3n) is 4.20. The van der Waals surface area contributed by atoms with Crippen molar-refractivity contribution in [1.82, 2.24) is 15.3 Å². The number of rotatable bonds is 4. The van der Waals surface area contributed by atoms with Gasteiger partial charge in [-0.2, -0.15) is 4.99 Å². The number of carbonyl (C=O) groups is 1. The van der Waals surface area contributed by atoms with Crippen LogP contribution in [-0.2, 0) is 0 Å². The van der Waals surface area contributed by atoms with E-state index in [-0.39, 0.29) is 17.9 Å². The van der Waals surface area contributed by atoms with Crippen LogP contribution in [0.1, 0.15) is 48.9 Å². The number of nitrogens with two attached hydrogens (primary N) is 2. The van der Waals surface area contributed by atoms with E-state index < -0.39 is 0 Å². The van der Waals surface area contributed by atoms with E-state index in [0.29, 0.717) is 16.4 Å². The van der Waals surface area contributed by atoms with Crippen LogP contribution in [0.25, 0.3) is 11.3 Å². The maximum atomic E-state index is 12.5. The van der Waals surface area contributed by atoms with Gasteiger partial charge in [0.1, 0.15) is 0 Å². The summed E-state index contributed by atoms with van der Waals surface area (Å²) in [5.74, 6) is -0.114. The number of thiazole rings is 1. The third-order valence-corrected chi connectivity index (χ3v) is 4.94. The highest BCUT2D eigenvalue weighted by molar-refractivity contribution is 7.13. The number of hydrogen-bond acceptors (Lipinski definition) is 5. The third kappa shape index (κ3) is 4.76. The molecule has 1 saturated carbocycles. The summed E-state index contributed by atoms with van der Waals surface area (Å²) >= 11 is 1.33. The van der Waals surface area contributed by atoms with Gasteiger partial charge in [-0.05, 0) is 18.9 Å². The van der Waals surface area contributed by atoms with E-state index in [2.05, 4.69) is 20.3 Å². The standard InChI is InChI=1S/C17H22N6OS/c18-16(19)23-17-22-14(10-25-17)11-7-12(9-20-8-11)15(24)21-13-5-3-1-2-4-6-13/h7-10,13H,1-6H2,(H,21,24)(H4,18,19,22,23). The Labute approximate surface area is 150 Å². The molecule has 1 aliphatic carbocycles. The molecule has 5 N–H and O–H groups in total. The molecule has 8 heteroatoms. The predicted molar refractivity (Wildman–Crippen MR) is 99.8 cm³/mol. The number of aromatic nitrogens is 2. The van der Waals surface area contributed by atoms with Crippen molar-refractivity contribution in [3.8, 4) is 11.3 Å². The molecule has 2 aromatic rings. The summed E-state index contributed by atoms with van der Waals surface area (Å²) in [6.45, 7) is 0. The normalized spacial score (nSPS) is 15.4. The minimum Gasteiger partial charge on any atom is -0.370 e. The van der Waals surface area contributed by atoms with Crippen LogP contribution < -0.4 is 16.8 Å². The van der Waals surface area contributed by atoms with Crippen molar-refractivity contribution in [3.63, 3.8) is 0 Å². The minimum absolute atomic E-state index is 0.0319. The second-order valence-corrected chi connectivity index (χ2v) is 7.01.